The van der Waals surface area contributed by atoms with Crippen molar-refractivity contribution in [2.75, 3.05) is 6.61 Å². The SMILES string of the molecule is CC(C)CC1CCCC(CO)C1. The highest BCUT2D eigenvalue weighted by Gasteiger charge is 2.21. The maximum Gasteiger partial charge on any atom is 0.0459 e. The van der Waals surface area contributed by atoms with Gasteiger partial charge in [0.15, 0.2) is 0 Å². The summed E-state index contributed by atoms with van der Waals surface area (Å²) in [5.74, 6) is 2.34. The van der Waals surface area contributed by atoms with Crippen LogP contribution in [0.3, 0.4) is 0 Å². The molecule has 1 heteroatoms. The lowest BCUT2D eigenvalue weighted by atomic mass is 9.78. The summed E-state index contributed by atoms with van der Waals surface area (Å²) in [6.07, 6.45) is 6.62. The van der Waals surface area contributed by atoms with E-state index in [9.17, 15) is 0 Å². The van der Waals surface area contributed by atoms with Crippen LogP contribution < -0.4 is 0 Å². The quantitative estimate of drug-likeness (QED) is 0.690. The van der Waals surface area contributed by atoms with E-state index in [1.165, 1.54) is 32.1 Å². The minimum absolute atomic E-state index is 0.411. The normalized spacial score (nSPS) is 31.0. The molecule has 2 unspecified atom stereocenters. The van der Waals surface area contributed by atoms with Crippen LogP contribution in [-0.2, 0) is 0 Å². The van der Waals surface area contributed by atoms with Crippen molar-refractivity contribution in [2.45, 2.75) is 46.0 Å². The van der Waals surface area contributed by atoms with E-state index in [1.807, 2.05) is 0 Å². The molecule has 0 aliphatic heterocycles. The number of aliphatic hydroxyl groups excluding tert-OH is 1. The second-order valence-corrected chi connectivity index (χ2v) is 4.71. The van der Waals surface area contributed by atoms with E-state index in [4.69, 9.17) is 5.11 Å². The Morgan fingerprint density at radius 3 is 2.50 bits per heavy atom. The summed E-state index contributed by atoms with van der Waals surface area (Å²) in [7, 11) is 0. The van der Waals surface area contributed by atoms with Gasteiger partial charge in [0.05, 0.1) is 0 Å². The molecule has 1 fully saturated rings. The van der Waals surface area contributed by atoms with Crippen molar-refractivity contribution in [3.8, 4) is 0 Å². The van der Waals surface area contributed by atoms with Crippen molar-refractivity contribution in [3.63, 3.8) is 0 Å². The van der Waals surface area contributed by atoms with Gasteiger partial charge in [0.2, 0.25) is 0 Å². The topological polar surface area (TPSA) is 20.2 Å². The Morgan fingerprint density at radius 1 is 1.25 bits per heavy atom. The Kier molecular flexibility index (Phi) is 4.07. The zero-order chi connectivity index (χ0) is 8.97. The van der Waals surface area contributed by atoms with E-state index in [-0.39, 0.29) is 0 Å². The molecule has 1 aliphatic carbocycles. The van der Waals surface area contributed by atoms with Crippen LogP contribution in [0, 0.1) is 17.8 Å². The Labute approximate surface area is 76.2 Å². The first-order valence-corrected chi connectivity index (χ1v) is 5.33. The zero-order valence-electron chi connectivity index (χ0n) is 8.42. The van der Waals surface area contributed by atoms with Crippen molar-refractivity contribution in [1.82, 2.24) is 0 Å². The zero-order valence-corrected chi connectivity index (χ0v) is 8.42. The van der Waals surface area contributed by atoms with Gasteiger partial charge in [-0.3, -0.25) is 0 Å². The fourth-order valence-electron chi connectivity index (χ4n) is 2.45. The third-order valence-corrected chi connectivity index (χ3v) is 2.95. The molecule has 0 aromatic carbocycles. The van der Waals surface area contributed by atoms with E-state index in [2.05, 4.69) is 13.8 Å². The Bertz CT molecular complexity index is 120. The van der Waals surface area contributed by atoms with E-state index in [0.717, 1.165) is 11.8 Å². The van der Waals surface area contributed by atoms with E-state index >= 15 is 0 Å². The summed E-state index contributed by atoms with van der Waals surface area (Å²) in [5.41, 5.74) is 0. The van der Waals surface area contributed by atoms with Crippen molar-refractivity contribution < 1.29 is 5.11 Å². The van der Waals surface area contributed by atoms with Crippen molar-refractivity contribution in [1.29, 1.82) is 0 Å². The smallest absolute Gasteiger partial charge is 0.0459 e. The monoisotopic (exact) mass is 170 g/mol. The Hall–Kier alpha value is -0.0400. The van der Waals surface area contributed by atoms with Crippen molar-refractivity contribution >= 4 is 0 Å². The molecular formula is C11H22O. The highest BCUT2D eigenvalue weighted by atomic mass is 16.3. The molecule has 1 nitrogen and oxygen atoms in total. The largest absolute Gasteiger partial charge is 0.396 e. The average molecular weight is 170 g/mol. The van der Waals surface area contributed by atoms with Gasteiger partial charge in [0.1, 0.15) is 0 Å². The molecule has 0 saturated heterocycles. The molecule has 72 valence electrons. The highest BCUT2D eigenvalue weighted by Crippen LogP contribution is 2.32. The lowest BCUT2D eigenvalue weighted by Gasteiger charge is -2.28. The summed E-state index contributed by atoms with van der Waals surface area (Å²) >= 11 is 0. The van der Waals surface area contributed by atoms with Crippen LogP contribution >= 0.6 is 0 Å². The van der Waals surface area contributed by atoms with Gasteiger partial charge in [0, 0.05) is 6.61 Å². The molecule has 2 atom stereocenters. The van der Waals surface area contributed by atoms with Gasteiger partial charge in [-0.1, -0.05) is 26.7 Å². The van der Waals surface area contributed by atoms with Crippen LogP contribution in [0.2, 0.25) is 0 Å². The second kappa shape index (κ2) is 4.86. The lowest BCUT2D eigenvalue weighted by Crippen LogP contribution is -2.19. The molecular weight excluding hydrogens is 148 g/mol. The van der Waals surface area contributed by atoms with Gasteiger partial charge in [-0.2, -0.15) is 0 Å². The molecule has 1 aliphatic rings. The predicted octanol–water partition coefficient (Wildman–Crippen LogP) is 2.83. The summed E-state index contributed by atoms with van der Waals surface area (Å²) < 4.78 is 0. The van der Waals surface area contributed by atoms with E-state index in [0.29, 0.717) is 12.5 Å². The Morgan fingerprint density at radius 2 is 1.92 bits per heavy atom. The van der Waals surface area contributed by atoms with E-state index < -0.39 is 0 Å². The molecule has 0 heterocycles. The van der Waals surface area contributed by atoms with Gasteiger partial charge in [-0.25, -0.2) is 0 Å². The van der Waals surface area contributed by atoms with Crippen LogP contribution in [0.5, 0.6) is 0 Å². The third kappa shape index (κ3) is 3.14. The molecule has 12 heavy (non-hydrogen) atoms. The van der Waals surface area contributed by atoms with Gasteiger partial charge in [0.25, 0.3) is 0 Å². The fourth-order valence-corrected chi connectivity index (χ4v) is 2.45. The maximum absolute atomic E-state index is 9.04. The number of rotatable bonds is 3. The molecule has 0 aromatic heterocycles. The van der Waals surface area contributed by atoms with Gasteiger partial charge in [-0.15, -0.1) is 0 Å². The predicted molar refractivity (Wildman–Crippen MR) is 52.0 cm³/mol. The van der Waals surface area contributed by atoms with Gasteiger partial charge in [-0.05, 0) is 37.0 Å². The fraction of sp³-hybridized carbons (Fsp3) is 1.00. The van der Waals surface area contributed by atoms with Gasteiger partial charge >= 0.3 is 0 Å². The lowest BCUT2D eigenvalue weighted by molar-refractivity contribution is 0.151. The van der Waals surface area contributed by atoms with Crippen LogP contribution in [0.25, 0.3) is 0 Å². The minimum Gasteiger partial charge on any atom is -0.396 e. The summed E-state index contributed by atoms with van der Waals surface area (Å²) in [6, 6.07) is 0. The molecule has 0 radical (unpaired) electrons. The minimum atomic E-state index is 0.411. The summed E-state index contributed by atoms with van der Waals surface area (Å²) in [4.78, 5) is 0. The first-order valence-electron chi connectivity index (χ1n) is 5.33. The average Bonchev–Trinajstić information content (AvgIpc) is 2.03. The number of hydrogen-bond donors (Lipinski definition) is 1. The molecule has 0 bridgehead atoms. The first kappa shape index (κ1) is 10.0. The van der Waals surface area contributed by atoms with E-state index in [1.54, 1.807) is 0 Å². The summed E-state index contributed by atoms with van der Waals surface area (Å²) in [6.45, 7) is 5.00. The van der Waals surface area contributed by atoms with Gasteiger partial charge < -0.3 is 5.11 Å². The van der Waals surface area contributed by atoms with Crippen LogP contribution in [0.1, 0.15) is 46.0 Å². The third-order valence-electron chi connectivity index (χ3n) is 2.95. The molecule has 1 saturated carbocycles. The number of hydrogen-bond acceptors (Lipinski definition) is 1. The van der Waals surface area contributed by atoms with Crippen LogP contribution in [0.4, 0.5) is 0 Å². The van der Waals surface area contributed by atoms with Crippen LogP contribution in [0.15, 0.2) is 0 Å². The highest BCUT2D eigenvalue weighted by molar-refractivity contribution is 4.73. The van der Waals surface area contributed by atoms with Crippen LogP contribution in [-0.4, -0.2) is 11.7 Å². The van der Waals surface area contributed by atoms with Crippen molar-refractivity contribution in [3.05, 3.63) is 0 Å². The maximum atomic E-state index is 9.04. The molecule has 0 amide bonds. The first-order chi connectivity index (χ1) is 5.72. The second-order valence-electron chi connectivity index (χ2n) is 4.71. The molecule has 0 spiro atoms. The Balaban J connectivity index is 2.25. The van der Waals surface area contributed by atoms with Crippen molar-refractivity contribution in [2.24, 2.45) is 17.8 Å². The molecule has 0 aromatic rings. The molecule has 1 N–H and O–H groups in total. The standard InChI is InChI=1S/C11H22O/c1-9(2)6-10-4-3-5-11(7-10)8-12/h9-12H,3-8H2,1-2H3. The number of aliphatic hydroxyl groups is 1. The summed E-state index contributed by atoms with van der Waals surface area (Å²) in [5, 5.41) is 9.04. The molecule has 1 rings (SSSR count).